The van der Waals surface area contributed by atoms with Gasteiger partial charge in [0.25, 0.3) is 5.91 Å². The number of ether oxygens (including phenoxy) is 5. The fraction of sp³-hybridized carbons (Fsp3) is 0.958. The van der Waals surface area contributed by atoms with Crippen LogP contribution in [0.1, 0.15) is 12.8 Å². The molecule has 19 heteroatoms. The van der Waals surface area contributed by atoms with Gasteiger partial charge in [-0.1, -0.05) is 0 Å². The molecule has 3 heterocycles. The summed E-state index contributed by atoms with van der Waals surface area (Å²) in [5, 5.41) is 67.8. The van der Waals surface area contributed by atoms with Gasteiger partial charge in [-0.2, -0.15) is 0 Å². The Labute approximate surface area is 247 Å². The maximum Gasteiger partial charge on any atom is 0.250 e. The van der Waals surface area contributed by atoms with E-state index >= 15 is 0 Å². The van der Waals surface area contributed by atoms with Crippen molar-refractivity contribution in [2.75, 3.05) is 20.2 Å². The molecule has 43 heavy (non-hydrogen) atoms. The lowest BCUT2D eigenvalue weighted by atomic mass is 9.83. The average molecular weight is 626 g/mol. The molecule has 0 radical (unpaired) electrons. The number of nitrogens with two attached hydrogens (primary N) is 5. The van der Waals surface area contributed by atoms with Crippen molar-refractivity contribution >= 4 is 5.91 Å². The molecule has 3 saturated heterocycles. The fourth-order valence-corrected chi connectivity index (χ4v) is 6.05. The highest BCUT2D eigenvalue weighted by molar-refractivity contribution is 5.81. The van der Waals surface area contributed by atoms with Crippen LogP contribution in [0.5, 0.6) is 0 Å². The monoisotopic (exact) mass is 625 g/mol. The molecular weight excluding hydrogens is 578 g/mol. The number of rotatable bonds is 9. The van der Waals surface area contributed by atoms with Crippen LogP contribution in [0.15, 0.2) is 0 Å². The normalized spacial score (nSPS) is 49.6. The van der Waals surface area contributed by atoms with Crippen LogP contribution in [0.3, 0.4) is 0 Å². The van der Waals surface area contributed by atoms with E-state index in [9.17, 15) is 35.4 Å². The van der Waals surface area contributed by atoms with E-state index < -0.39 is 123 Å². The first kappa shape index (κ1) is 34.7. The molecule has 18 atom stereocenters. The predicted octanol–water partition coefficient (Wildman–Crippen LogP) is -8.51. The van der Waals surface area contributed by atoms with Gasteiger partial charge in [0.15, 0.2) is 18.9 Å². The molecule has 0 spiro atoms. The quantitative estimate of drug-likeness (QED) is 0.113. The predicted molar refractivity (Wildman–Crippen MR) is 144 cm³/mol. The van der Waals surface area contributed by atoms with E-state index in [-0.39, 0.29) is 19.4 Å². The molecule has 1 amide bonds. The molecule has 3 aliphatic heterocycles. The number of hydrogen-bond acceptors (Lipinski definition) is 18. The highest BCUT2D eigenvalue weighted by atomic mass is 16.8. The molecule has 250 valence electrons. The van der Waals surface area contributed by atoms with E-state index in [0.29, 0.717) is 0 Å². The van der Waals surface area contributed by atoms with Crippen LogP contribution in [-0.2, 0) is 28.5 Å². The SMILES string of the molecule is CNC1C(O[C@H]2OC(CO)[C@@H](NC(=O)[C@@H](O)CN)[C@H](O)C2O)O[C@H]2CC(N)[C@@H](O[C@@H]3C(N)C[C@@H](N)[C@@H](O)C3N)OC2C1O. The number of likely N-dealkylation sites (N-methyl/N-ethyl adjacent to an activating group) is 1. The highest BCUT2D eigenvalue weighted by Gasteiger charge is 2.54. The van der Waals surface area contributed by atoms with Crippen molar-refractivity contribution in [2.45, 2.75) is 123 Å². The van der Waals surface area contributed by atoms with Crippen molar-refractivity contribution < 1.29 is 59.1 Å². The lowest BCUT2D eigenvalue weighted by Gasteiger charge is -2.51. The Morgan fingerprint density at radius 1 is 0.860 bits per heavy atom. The molecule has 4 rings (SSSR count). The van der Waals surface area contributed by atoms with Crippen molar-refractivity contribution in [3.05, 3.63) is 0 Å². The Bertz CT molecular complexity index is 926. The number of hydrogen-bond donors (Lipinski definition) is 13. The smallest absolute Gasteiger partial charge is 0.250 e. The van der Waals surface area contributed by atoms with E-state index in [4.69, 9.17) is 52.4 Å². The minimum atomic E-state index is -1.74. The van der Waals surface area contributed by atoms with Crippen LogP contribution in [0.4, 0.5) is 0 Å². The van der Waals surface area contributed by atoms with Crippen molar-refractivity contribution in [3.63, 3.8) is 0 Å². The van der Waals surface area contributed by atoms with E-state index in [1.807, 2.05) is 0 Å². The molecule has 4 aliphatic rings. The molecule has 1 aliphatic carbocycles. The van der Waals surface area contributed by atoms with E-state index in [1.165, 1.54) is 7.05 Å². The van der Waals surface area contributed by atoms with Crippen LogP contribution < -0.4 is 39.3 Å². The fourth-order valence-electron chi connectivity index (χ4n) is 6.05. The summed E-state index contributed by atoms with van der Waals surface area (Å²) in [6.07, 6.45) is -14.6. The standard InChI is InChI=1S/C24H47N7O12/c1-30-14-17(36)20-10(3-8(28)22(42-20)41-19-7(27)2-6(26)15(34)12(19)29)39-23(14)43-24-18(37)16(35)13(11(5-32)40-24)31-21(38)9(33)4-25/h6-20,22-24,30,32-37H,2-5,25-29H2,1H3,(H,31,38)/t6-,7?,8?,9+,10+,11?,12?,13-,14?,15-,16+,17?,18?,19-,20?,22+,23?,24-/m1/s1. The molecule has 9 unspecified atom stereocenters. The first-order chi connectivity index (χ1) is 20.3. The van der Waals surface area contributed by atoms with Crippen LogP contribution >= 0.6 is 0 Å². The minimum Gasteiger partial charge on any atom is -0.394 e. The topological polar surface area (TPSA) is 339 Å². The summed E-state index contributed by atoms with van der Waals surface area (Å²) in [7, 11) is 1.53. The zero-order chi connectivity index (χ0) is 31.7. The first-order valence-corrected chi connectivity index (χ1v) is 14.3. The maximum atomic E-state index is 12.1. The van der Waals surface area contributed by atoms with Crippen molar-refractivity contribution in [3.8, 4) is 0 Å². The van der Waals surface area contributed by atoms with Gasteiger partial charge < -0.3 is 93.6 Å². The third-order valence-electron chi connectivity index (χ3n) is 8.61. The number of aliphatic hydroxyl groups excluding tert-OH is 6. The Hall–Kier alpha value is -1.21. The van der Waals surface area contributed by atoms with Crippen LogP contribution in [0.25, 0.3) is 0 Å². The number of carbonyl (C=O) groups is 1. The molecular formula is C24H47N7O12. The van der Waals surface area contributed by atoms with E-state index in [2.05, 4.69) is 10.6 Å². The lowest BCUT2D eigenvalue weighted by Crippen LogP contribution is -2.71. The number of nitrogens with one attached hydrogen (secondary N) is 2. The van der Waals surface area contributed by atoms with Gasteiger partial charge in [-0.3, -0.25) is 4.79 Å². The second kappa shape index (κ2) is 14.5. The Morgan fingerprint density at radius 2 is 1.56 bits per heavy atom. The molecule has 0 aromatic rings. The van der Waals surface area contributed by atoms with E-state index in [0.717, 1.165) is 0 Å². The molecule has 1 saturated carbocycles. The summed E-state index contributed by atoms with van der Waals surface area (Å²) < 4.78 is 29.6. The van der Waals surface area contributed by atoms with Gasteiger partial charge in [-0.05, 0) is 19.9 Å². The van der Waals surface area contributed by atoms with Gasteiger partial charge in [0.05, 0.1) is 49.1 Å². The van der Waals surface area contributed by atoms with Gasteiger partial charge in [0, 0.05) is 18.6 Å². The molecule has 18 N–H and O–H groups in total. The summed E-state index contributed by atoms with van der Waals surface area (Å²) in [5.74, 6) is -0.927. The third kappa shape index (κ3) is 7.13. The summed E-state index contributed by atoms with van der Waals surface area (Å²) >= 11 is 0. The molecule has 0 aromatic heterocycles. The maximum absolute atomic E-state index is 12.1. The third-order valence-corrected chi connectivity index (χ3v) is 8.61. The molecule has 4 fully saturated rings. The Kier molecular flexibility index (Phi) is 11.7. The second-order valence-electron chi connectivity index (χ2n) is 11.6. The summed E-state index contributed by atoms with van der Waals surface area (Å²) in [5.41, 5.74) is 29.8. The molecule has 0 bridgehead atoms. The van der Waals surface area contributed by atoms with Crippen molar-refractivity contribution in [1.82, 2.24) is 10.6 Å². The minimum absolute atomic E-state index is 0.134. The van der Waals surface area contributed by atoms with Gasteiger partial charge >= 0.3 is 0 Å². The van der Waals surface area contributed by atoms with Gasteiger partial charge in [0.1, 0.15) is 36.6 Å². The summed E-state index contributed by atoms with van der Waals surface area (Å²) in [6, 6.07) is -5.10. The Morgan fingerprint density at radius 3 is 2.19 bits per heavy atom. The number of amides is 1. The second-order valence-corrected chi connectivity index (χ2v) is 11.6. The lowest BCUT2D eigenvalue weighted by molar-refractivity contribution is -0.372. The number of aliphatic hydroxyl groups is 6. The van der Waals surface area contributed by atoms with Crippen molar-refractivity contribution in [1.29, 1.82) is 0 Å². The highest BCUT2D eigenvalue weighted by Crippen LogP contribution is 2.35. The van der Waals surface area contributed by atoms with Crippen LogP contribution in [0.2, 0.25) is 0 Å². The van der Waals surface area contributed by atoms with Crippen LogP contribution in [0, 0.1) is 0 Å². The van der Waals surface area contributed by atoms with Gasteiger partial charge in [-0.25, -0.2) is 0 Å². The Balaban J connectivity index is 1.42. The molecule has 19 nitrogen and oxygen atoms in total. The zero-order valence-electron chi connectivity index (χ0n) is 23.7. The van der Waals surface area contributed by atoms with Gasteiger partial charge in [-0.15, -0.1) is 0 Å². The summed E-state index contributed by atoms with van der Waals surface area (Å²) in [4.78, 5) is 12.1. The molecule has 0 aromatic carbocycles. The zero-order valence-corrected chi connectivity index (χ0v) is 23.7. The summed E-state index contributed by atoms with van der Waals surface area (Å²) in [6.45, 7) is -1.08. The first-order valence-electron chi connectivity index (χ1n) is 14.3. The largest absolute Gasteiger partial charge is 0.394 e. The van der Waals surface area contributed by atoms with Gasteiger partial charge in [0.2, 0.25) is 0 Å². The number of fused-ring (bicyclic) bond motifs is 1. The number of carbonyl (C=O) groups excluding carboxylic acids is 1. The van der Waals surface area contributed by atoms with Crippen LogP contribution in [-0.4, -0.2) is 167 Å². The average Bonchev–Trinajstić information content (AvgIpc) is 2.97. The van der Waals surface area contributed by atoms with Crippen molar-refractivity contribution in [2.24, 2.45) is 28.7 Å². The van der Waals surface area contributed by atoms with E-state index in [1.54, 1.807) is 0 Å².